The summed E-state index contributed by atoms with van der Waals surface area (Å²) in [7, 11) is 0. The highest BCUT2D eigenvalue weighted by molar-refractivity contribution is 6.51. The molecule has 6 heteroatoms. The van der Waals surface area contributed by atoms with Crippen molar-refractivity contribution in [3.63, 3.8) is 0 Å². The van der Waals surface area contributed by atoms with Crippen LogP contribution in [0.2, 0.25) is 5.02 Å². The SMILES string of the molecule is Cc1cccc(C2/C(=C(/O)c3ccncc3)C(=O)C(=O)N2c2ccc(Cl)cc2)c1. The normalized spacial score (nSPS) is 18.3. The topological polar surface area (TPSA) is 70.5 Å². The number of aryl methyl sites for hydroxylation is 1. The van der Waals surface area contributed by atoms with E-state index in [1.165, 1.54) is 17.3 Å². The molecule has 4 rings (SSSR count). The molecule has 2 heterocycles. The van der Waals surface area contributed by atoms with Crippen molar-refractivity contribution in [2.45, 2.75) is 13.0 Å². The number of amides is 1. The molecule has 1 atom stereocenters. The number of carbonyl (C=O) groups excluding carboxylic acids is 2. The summed E-state index contributed by atoms with van der Waals surface area (Å²) in [6, 6.07) is 16.6. The molecule has 1 saturated heterocycles. The van der Waals surface area contributed by atoms with Gasteiger partial charge in [0.05, 0.1) is 11.6 Å². The third-order valence-electron chi connectivity index (χ3n) is 4.86. The van der Waals surface area contributed by atoms with Crippen LogP contribution in [0.5, 0.6) is 0 Å². The van der Waals surface area contributed by atoms with Gasteiger partial charge in [-0.25, -0.2) is 0 Å². The van der Waals surface area contributed by atoms with E-state index in [1.54, 1.807) is 36.4 Å². The molecule has 0 radical (unpaired) electrons. The fourth-order valence-corrected chi connectivity index (χ4v) is 3.65. The number of hydrogen-bond donors (Lipinski definition) is 1. The molecule has 1 N–H and O–H groups in total. The Bertz CT molecular complexity index is 1120. The van der Waals surface area contributed by atoms with E-state index in [4.69, 9.17) is 11.6 Å². The molecule has 1 unspecified atom stereocenters. The average molecular weight is 405 g/mol. The Morgan fingerprint density at radius 1 is 1.03 bits per heavy atom. The standard InChI is InChI=1S/C23H17ClN2O3/c1-14-3-2-4-16(13-14)20-19(21(27)15-9-11-25-12-10-15)22(28)23(29)26(20)18-7-5-17(24)6-8-18/h2-13,20,27H,1H3/b21-19-. The lowest BCUT2D eigenvalue weighted by Gasteiger charge is -2.25. The summed E-state index contributed by atoms with van der Waals surface area (Å²) in [5, 5.41) is 11.5. The van der Waals surface area contributed by atoms with Crippen LogP contribution in [0.3, 0.4) is 0 Å². The Balaban J connectivity index is 1.96. The monoisotopic (exact) mass is 404 g/mol. The Labute approximate surface area is 172 Å². The number of aromatic nitrogens is 1. The molecule has 1 aliphatic rings. The van der Waals surface area contributed by atoms with E-state index in [9.17, 15) is 14.7 Å². The van der Waals surface area contributed by atoms with E-state index >= 15 is 0 Å². The Morgan fingerprint density at radius 3 is 2.38 bits per heavy atom. The molecule has 0 aliphatic carbocycles. The van der Waals surface area contributed by atoms with Crippen molar-refractivity contribution >= 4 is 34.7 Å². The summed E-state index contributed by atoms with van der Waals surface area (Å²) in [6.07, 6.45) is 3.04. The van der Waals surface area contributed by atoms with Crippen LogP contribution < -0.4 is 4.90 Å². The van der Waals surface area contributed by atoms with Crippen molar-refractivity contribution in [2.75, 3.05) is 4.90 Å². The first-order valence-corrected chi connectivity index (χ1v) is 9.38. The highest BCUT2D eigenvalue weighted by Crippen LogP contribution is 2.42. The molecule has 2 aromatic carbocycles. The van der Waals surface area contributed by atoms with Crippen LogP contribution in [0, 0.1) is 6.92 Å². The largest absolute Gasteiger partial charge is 0.507 e. The highest BCUT2D eigenvalue weighted by Gasteiger charge is 2.46. The summed E-state index contributed by atoms with van der Waals surface area (Å²) in [4.78, 5) is 31.3. The van der Waals surface area contributed by atoms with Gasteiger partial charge in [0.15, 0.2) is 0 Å². The van der Waals surface area contributed by atoms with Crippen LogP contribution in [-0.2, 0) is 9.59 Å². The fourth-order valence-electron chi connectivity index (χ4n) is 3.52. The van der Waals surface area contributed by atoms with Crippen molar-refractivity contribution in [2.24, 2.45) is 0 Å². The molecule has 0 saturated carbocycles. The molecule has 29 heavy (non-hydrogen) atoms. The number of rotatable bonds is 3. The van der Waals surface area contributed by atoms with Gasteiger partial charge in [-0.05, 0) is 48.9 Å². The van der Waals surface area contributed by atoms with Gasteiger partial charge in [0.2, 0.25) is 0 Å². The Kier molecular flexibility index (Phi) is 4.91. The number of Topliss-reactive ketones (excluding diaryl/α,β-unsaturated/α-hetero) is 1. The quantitative estimate of drug-likeness (QED) is 0.391. The van der Waals surface area contributed by atoms with Crippen molar-refractivity contribution in [1.82, 2.24) is 4.98 Å². The third-order valence-corrected chi connectivity index (χ3v) is 5.11. The van der Waals surface area contributed by atoms with Gasteiger partial charge in [0.25, 0.3) is 11.7 Å². The Hall–Kier alpha value is -3.44. The highest BCUT2D eigenvalue weighted by atomic mass is 35.5. The zero-order chi connectivity index (χ0) is 20.5. The fraction of sp³-hybridized carbons (Fsp3) is 0.0870. The summed E-state index contributed by atoms with van der Waals surface area (Å²) < 4.78 is 0. The van der Waals surface area contributed by atoms with Crippen molar-refractivity contribution < 1.29 is 14.7 Å². The van der Waals surface area contributed by atoms with Gasteiger partial charge in [-0.1, -0.05) is 41.4 Å². The molecule has 5 nitrogen and oxygen atoms in total. The van der Waals surface area contributed by atoms with Gasteiger partial charge in [-0.2, -0.15) is 0 Å². The summed E-state index contributed by atoms with van der Waals surface area (Å²) in [6.45, 7) is 1.93. The van der Waals surface area contributed by atoms with Gasteiger partial charge in [0, 0.05) is 28.7 Å². The second kappa shape index (κ2) is 7.53. The van der Waals surface area contributed by atoms with Crippen molar-refractivity contribution in [1.29, 1.82) is 0 Å². The number of nitrogens with zero attached hydrogens (tertiary/aromatic N) is 2. The first kappa shape index (κ1) is 18.9. The molecule has 1 amide bonds. The van der Waals surface area contributed by atoms with Gasteiger partial charge < -0.3 is 5.11 Å². The number of hydrogen-bond acceptors (Lipinski definition) is 4. The number of aliphatic hydroxyl groups is 1. The minimum absolute atomic E-state index is 0.0433. The minimum Gasteiger partial charge on any atom is -0.507 e. The summed E-state index contributed by atoms with van der Waals surface area (Å²) >= 11 is 5.99. The van der Waals surface area contributed by atoms with Crippen LogP contribution in [0.4, 0.5) is 5.69 Å². The molecular weight excluding hydrogens is 388 g/mol. The number of pyridine rings is 1. The van der Waals surface area contributed by atoms with E-state index in [1.807, 2.05) is 31.2 Å². The number of ketones is 1. The molecule has 0 bridgehead atoms. The maximum Gasteiger partial charge on any atom is 0.300 e. The molecular formula is C23H17ClN2O3. The predicted molar refractivity (Wildman–Crippen MR) is 112 cm³/mol. The zero-order valence-electron chi connectivity index (χ0n) is 15.5. The van der Waals surface area contributed by atoms with E-state index in [-0.39, 0.29) is 11.3 Å². The number of carbonyl (C=O) groups is 2. The van der Waals surface area contributed by atoms with Crippen LogP contribution in [0.25, 0.3) is 5.76 Å². The second-order valence-corrected chi connectivity index (χ2v) is 7.23. The van der Waals surface area contributed by atoms with Crippen LogP contribution in [0.1, 0.15) is 22.7 Å². The van der Waals surface area contributed by atoms with Gasteiger partial charge >= 0.3 is 0 Å². The molecule has 1 aliphatic heterocycles. The molecule has 1 fully saturated rings. The number of halogens is 1. The molecule has 144 valence electrons. The number of aliphatic hydroxyl groups excluding tert-OH is 1. The summed E-state index contributed by atoms with van der Waals surface area (Å²) in [5.41, 5.74) is 2.70. The first-order valence-electron chi connectivity index (χ1n) is 9.01. The number of anilines is 1. The third kappa shape index (κ3) is 3.41. The molecule has 0 spiro atoms. The molecule has 1 aromatic heterocycles. The van der Waals surface area contributed by atoms with E-state index in [0.717, 1.165) is 11.1 Å². The van der Waals surface area contributed by atoms with E-state index in [0.29, 0.717) is 16.3 Å². The predicted octanol–water partition coefficient (Wildman–Crippen LogP) is 4.67. The average Bonchev–Trinajstić information content (AvgIpc) is 3.00. The first-order chi connectivity index (χ1) is 14.0. The smallest absolute Gasteiger partial charge is 0.300 e. The Morgan fingerprint density at radius 2 is 1.72 bits per heavy atom. The van der Waals surface area contributed by atoms with Crippen LogP contribution >= 0.6 is 11.6 Å². The van der Waals surface area contributed by atoms with Crippen LogP contribution in [-0.4, -0.2) is 21.8 Å². The van der Waals surface area contributed by atoms with Gasteiger partial charge in [0.1, 0.15) is 5.76 Å². The maximum atomic E-state index is 13.0. The lowest BCUT2D eigenvalue weighted by molar-refractivity contribution is -0.132. The van der Waals surface area contributed by atoms with Gasteiger partial charge in [-0.15, -0.1) is 0 Å². The lowest BCUT2D eigenvalue weighted by atomic mass is 9.94. The second-order valence-electron chi connectivity index (χ2n) is 6.80. The zero-order valence-corrected chi connectivity index (χ0v) is 16.3. The van der Waals surface area contributed by atoms with Gasteiger partial charge in [-0.3, -0.25) is 19.5 Å². The van der Waals surface area contributed by atoms with E-state index in [2.05, 4.69) is 4.98 Å². The minimum atomic E-state index is -0.760. The number of benzene rings is 2. The lowest BCUT2D eigenvalue weighted by Crippen LogP contribution is -2.29. The molecule has 3 aromatic rings. The maximum absolute atomic E-state index is 13.0. The van der Waals surface area contributed by atoms with Crippen LogP contribution in [0.15, 0.2) is 78.6 Å². The van der Waals surface area contributed by atoms with Crippen molar-refractivity contribution in [3.8, 4) is 0 Å². The summed E-state index contributed by atoms with van der Waals surface area (Å²) in [5.74, 6) is -1.66. The van der Waals surface area contributed by atoms with Crippen molar-refractivity contribution in [3.05, 3.63) is 100 Å². The van der Waals surface area contributed by atoms with E-state index < -0.39 is 17.7 Å².